The van der Waals surface area contributed by atoms with Crippen molar-refractivity contribution in [3.8, 4) is 6.07 Å². The monoisotopic (exact) mass is 465 g/mol. The van der Waals surface area contributed by atoms with Crippen molar-refractivity contribution in [2.24, 2.45) is 56.7 Å². The van der Waals surface area contributed by atoms with Gasteiger partial charge in [0.2, 0.25) is 0 Å². The van der Waals surface area contributed by atoms with Crippen LogP contribution in [0, 0.1) is 68.0 Å². The maximum Gasteiger partial charge on any atom is 0.176 e. The summed E-state index contributed by atoms with van der Waals surface area (Å²) < 4.78 is 0. The lowest BCUT2D eigenvalue weighted by Gasteiger charge is -2.71. The number of fused-ring (bicyclic) bond motifs is 7. The van der Waals surface area contributed by atoms with Crippen molar-refractivity contribution in [1.29, 1.82) is 5.26 Å². The second kappa shape index (κ2) is 7.28. The van der Waals surface area contributed by atoms with Crippen molar-refractivity contribution in [1.82, 2.24) is 0 Å². The van der Waals surface area contributed by atoms with Crippen LogP contribution in [0.4, 0.5) is 0 Å². The number of aliphatic hydroxyl groups is 1. The third kappa shape index (κ3) is 2.86. The van der Waals surface area contributed by atoms with Gasteiger partial charge in [0.15, 0.2) is 5.78 Å². The molecule has 0 saturated heterocycles. The van der Waals surface area contributed by atoms with E-state index in [-0.39, 0.29) is 69.1 Å². The van der Waals surface area contributed by atoms with Crippen molar-refractivity contribution in [2.45, 2.75) is 92.9 Å². The number of ketones is 2. The summed E-state index contributed by atoms with van der Waals surface area (Å²) in [5.74, 6) is 0.770. The molecule has 0 bridgehead atoms. The number of aliphatic hydroxyl groups excluding tert-OH is 1. The van der Waals surface area contributed by atoms with Crippen LogP contribution in [0.25, 0.3) is 0 Å². The molecule has 186 valence electrons. The Morgan fingerprint density at radius 2 is 1.68 bits per heavy atom. The number of nitrogens with zero attached hydrogens (tertiary/aromatic N) is 1. The van der Waals surface area contributed by atoms with E-state index >= 15 is 0 Å². The van der Waals surface area contributed by atoms with Crippen LogP contribution in [-0.2, 0) is 9.59 Å². The standard InChI is InChI=1S/C30H43NO3/c1-18-20-7-8-28(5)23(27(20,4)14-19(16-31)25(18)34)13-22(33)24-21-15-26(2,3)9-11-30(21,17-32)12-10-29(24,28)6/h14,18,20-21,23-24,32H,7-13,15,17H2,1-6H3. The molecule has 1 N–H and O–H groups in total. The van der Waals surface area contributed by atoms with Crippen LogP contribution in [0.2, 0.25) is 0 Å². The molecule has 0 aromatic carbocycles. The lowest BCUT2D eigenvalue weighted by molar-refractivity contribution is -0.223. The van der Waals surface area contributed by atoms with Crippen LogP contribution in [0.3, 0.4) is 0 Å². The lowest BCUT2D eigenvalue weighted by Crippen LogP contribution is -2.68. The Labute approximate surface area is 205 Å². The molecular formula is C30H43NO3. The molecule has 5 rings (SSSR count). The van der Waals surface area contributed by atoms with Crippen LogP contribution >= 0.6 is 0 Å². The number of hydrogen-bond donors (Lipinski definition) is 1. The summed E-state index contributed by atoms with van der Waals surface area (Å²) in [5, 5.41) is 20.4. The summed E-state index contributed by atoms with van der Waals surface area (Å²) in [4.78, 5) is 27.1. The first-order valence-corrected chi connectivity index (χ1v) is 13.6. The van der Waals surface area contributed by atoms with Crippen molar-refractivity contribution in [3.05, 3.63) is 11.6 Å². The first-order valence-electron chi connectivity index (χ1n) is 13.6. The fourth-order valence-corrected chi connectivity index (χ4v) is 10.3. The number of rotatable bonds is 1. The molecule has 4 fully saturated rings. The molecule has 0 heterocycles. The van der Waals surface area contributed by atoms with E-state index in [2.05, 4.69) is 40.7 Å². The van der Waals surface area contributed by atoms with Gasteiger partial charge in [0.05, 0.1) is 5.57 Å². The van der Waals surface area contributed by atoms with E-state index < -0.39 is 0 Å². The highest BCUT2D eigenvalue weighted by atomic mass is 16.3. The van der Waals surface area contributed by atoms with Gasteiger partial charge < -0.3 is 5.11 Å². The highest BCUT2D eigenvalue weighted by Gasteiger charge is 2.71. The predicted molar refractivity (Wildman–Crippen MR) is 131 cm³/mol. The summed E-state index contributed by atoms with van der Waals surface area (Å²) in [6.45, 7) is 13.9. The molecule has 9 atom stereocenters. The average Bonchev–Trinajstić information content (AvgIpc) is 2.77. The SMILES string of the molecule is CC1C(=O)C(C#N)=CC2(C)C1CCC1(C)C2CC(=O)C2C3CC(C)(C)CCC3(CO)CCC21C. The summed E-state index contributed by atoms with van der Waals surface area (Å²) in [5.41, 5.74) is -0.0778. The molecule has 0 radical (unpaired) electrons. The van der Waals surface area contributed by atoms with Gasteiger partial charge in [-0.05, 0) is 89.8 Å². The summed E-state index contributed by atoms with van der Waals surface area (Å²) in [7, 11) is 0. The first-order chi connectivity index (χ1) is 15.8. The van der Waals surface area contributed by atoms with Gasteiger partial charge in [0.25, 0.3) is 0 Å². The topological polar surface area (TPSA) is 78.2 Å². The average molecular weight is 466 g/mol. The van der Waals surface area contributed by atoms with Crippen molar-refractivity contribution in [2.75, 3.05) is 6.61 Å². The van der Waals surface area contributed by atoms with Crippen molar-refractivity contribution < 1.29 is 14.7 Å². The zero-order valence-corrected chi connectivity index (χ0v) is 22.0. The molecule has 4 nitrogen and oxygen atoms in total. The minimum Gasteiger partial charge on any atom is -0.396 e. The lowest BCUT2D eigenvalue weighted by atomic mass is 9.32. The maximum absolute atomic E-state index is 14.2. The van der Waals surface area contributed by atoms with Crippen LogP contribution in [-0.4, -0.2) is 23.3 Å². The zero-order valence-electron chi connectivity index (χ0n) is 22.0. The Morgan fingerprint density at radius 3 is 2.32 bits per heavy atom. The van der Waals surface area contributed by atoms with E-state index in [1.807, 2.05) is 13.0 Å². The highest BCUT2D eigenvalue weighted by molar-refractivity contribution is 6.01. The van der Waals surface area contributed by atoms with Gasteiger partial charge in [-0.15, -0.1) is 0 Å². The second-order valence-electron chi connectivity index (χ2n) is 14.4. The number of carbonyl (C=O) groups excluding carboxylic acids is 2. The van der Waals surface area contributed by atoms with Gasteiger partial charge in [-0.25, -0.2) is 0 Å². The first kappa shape index (κ1) is 24.2. The van der Waals surface area contributed by atoms with E-state index in [0.717, 1.165) is 44.9 Å². The Kier molecular flexibility index (Phi) is 5.19. The zero-order chi connectivity index (χ0) is 24.9. The minimum atomic E-state index is -0.313. The molecule has 0 amide bonds. The summed E-state index contributed by atoms with van der Waals surface area (Å²) in [6, 6.07) is 2.19. The summed E-state index contributed by atoms with van der Waals surface area (Å²) >= 11 is 0. The number of carbonyl (C=O) groups is 2. The number of Topliss-reactive ketones (excluding diaryl/α,β-unsaturated/α-hetero) is 2. The molecular weight excluding hydrogens is 422 g/mol. The maximum atomic E-state index is 14.2. The van der Waals surface area contributed by atoms with E-state index in [1.165, 1.54) is 0 Å². The Bertz CT molecular complexity index is 1010. The Morgan fingerprint density at radius 1 is 1.00 bits per heavy atom. The van der Waals surface area contributed by atoms with Gasteiger partial charge in [0.1, 0.15) is 11.9 Å². The third-order valence-corrected chi connectivity index (χ3v) is 12.6. The molecule has 34 heavy (non-hydrogen) atoms. The van der Waals surface area contributed by atoms with Crippen LogP contribution < -0.4 is 0 Å². The van der Waals surface area contributed by atoms with Crippen molar-refractivity contribution >= 4 is 11.6 Å². The fourth-order valence-electron chi connectivity index (χ4n) is 10.3. The minimum absolute atomic E-state index is 0.00330. The molecule has 0 spiro atoms. The van der Waals surface area contributed by atoms with E-state index in [1.54, 1.807) is 0 Å². The van der Waals surface area contributed by atoms with Crippen LogP contribution in [0.15, 0.2) is 11.6 Å². The van der Waals surface area contributed by atoms with Crippen molar-refractivity contribution in [3.63, 3.8) is 0 Å². The van der Waals surface area contributed by atoms with Crippen LogP contribution in [0.5, 0.6) is 0 Å². The van der Waals surface area contributed by atoms with E-state index in [4.69, 9.17) is 0 Å². The third-order valence-electron chi connectivity index (χ3n) is 12.6. The normalized spacial score (nSPS) is 51.8. The molecule has 9 unspecified atom stereocenters. The number of nitriles is 1. The van der Waals surface area contributed by atoms with Crippen LogP contribution in [0.1, 0.15) is 92.9 Å². The second-order valence-corrected chi connectivity index (χ2v) is 14.4. The molecule has 5 aliphatic rings. The number of allylic oxidation sites excluding steroid dienone is 2. The molecule has 4 heteroatoms. The molecule has 0 aliphatic heterocycles. The van der Waals surface area contributed by atoms with E-state index in [0.29, 0.717) is 17.8 Å². The van der Waals surface area contributed by atoms with Gasteiger partial charge in [-0.3, -0.25) is 9.59 Å². The molecule has 5 aliphatic carbocycles. The summed E-state index contributed by atoms with van der Waals surface area (Å²) in [6.07, 6.45) is 9.67. The Balaban J connectivity index is 1.62. The highest BCUT2D eigenvalue weighted by Crippen LogP contribution is 2.75. The van der Waals surface area contributed by atoms with Gasteiger partial charge in [-0.2, -0.15) is 5.26 Å². The fraction of sp³-hybridized carbons (Fsp3) is 0.833. The van der Waals surface area contributed by atoms with Gasteiger partial charge in [0, 0.05) is 24.9 Å². The van der Waals surface area contributed by atoms with E-state index in [9.17, 15) is 20.0 Å². The molecule has 0 aromatic heterocycles. The smallest absolute Gasteiger partial charge is 0.176 e. The Hall–Kier alpha value is -1.47. The largest absolute Gasteiger partial charge is 0.396 e. The predicted octanol–water partition coefficient (Wildman–Crippen LogP) is 5.89. The number of hydrogen-bond acceptors (Lipinski definition) is 4. The van der Waals surface area contributed by atoms with Gasteiger partial charge >= 0.3 is 0 Å². The quantitative estimate of drug-likeness (QED) is 0.524. The molecule has 0 aromatic rings. The van der Waals surface area contributed by atoms with Gasteiger partial charge in [-0.1, -0.05) is 47.6 Å². The molecule has 4 saturated carbocycles.